The molecule has 0 N–H and O–H groups in total. The van der Waals surface area contributed by atoms with Crippen molar-refractivity contribution in [2.75, 3.05) is 21.3 Å². The van der Waals surface area contributed by atoms with Crippen molar-refractivity contribution in [3.8, 4) is 17.2 Å². The Hall–Kier alpha value is -4.47. The molecule has 10 heteroatoms. The molecule has 0 aliphatic heterocycles. The van der Waals surface area contributed by atoms with Gasteiger partial charge in [-0.15, -0.1) is 0 Å². The largest absolute Gasteiger partial charge is 0.497 e. The summed E-state index contributed by atoms with van der Waals surface area (Å²) in [5, 5.41) is 0. The number of carbonyl (C=O) groups excluding carboxylic acids is 1. The van der Waals surface area contributed by atoms with E-state index in [4.69, 9.17) is 14.2 Å². The van der Waals surface area contributed by atoms with Gasteiger partial charge in [0, 0.05) is 11.6 Å². The van der Waals surface area contributed by atoms with Crippen LogP contribution in [0.2, 0.25) is 0 Å². The molecular weight excluding hydrogens is 538 g/mol. The van der Waals surface area contributed by atoms with Gasteiger partial charge >= 0.3 is 12.4 Å². The van der Waals surface area contributed by atoms with Crippen LogP contribution in [0.5, 0.6) is 17.2 Å². The van der Waals surface area contributed by atoms with Gasteiger partial charge < -0.3 is 14.2 Å². The Morgan fingerprint density at radius 3 is 1.88 bits per heavy atom. The summed E-state index contributed by atoms with van der Waals surface area (Å²) < 4.78 is 95.1. The van der Waals surface area contributed by atoms with Crippen molar-refractivity contribution in [1.82, 2.24) is 0 Å². The molecule has 0 radical (unpaired) electrons. The van der Waals surface area contributed by atoms with Crippen molar-refractivity contribution in [3.05, 3.63) is 100 Å². The number of benzene rings is 3. The predicted octanol–water partition coefficient (Wildman–Crippen LogP) is 8.22. The maximum Gasteiger partial charge on any atom is 0.416 e. The minimum atomic E-state index is -4.91. The Balaban J connectivity index is 1.95. The Kier molecular flexibility index (Phi) is 9.47. The van der Waals surface area contributed by atoms with Crippen LogP contribution < -0.4 is 14.2 Å². The Morgan fingerprint density at radius 2 is 1.30 bits per heavy atom. The number of methoxy groups -OCH3 is 3. The average Bonchev–Trinajstić information content (AvgIpc) is 2.92. The molecule has 40 heavy (non-hydrogen) atoms. The highest BCUT2D eigenvalue weighted by Crippen LogP contribution is 2.37. The van der Waals surface area contributed by atoms with Gasteiger partial charge in [0.25, 0.3) is 0 Å². The number of halogens is 6. The van der Waals surface area contributed by atoms with E-state index in [9.17, 15) is 31.1 Å². The van der Waals surface area contributed by atoms with E-state index in [2.05, 4.69) is 0 Å². The van der Waals surface area contributed by atoms with Crippen LogP contribution in [0.4, 0.5) is 26.3 Å². The minimum Gasteiger partial charge on any atom is -0.497 e. The summed E-state index contributed by atoms with van der Waals surface area (Å²) in [5.74, 6) is 0.745. The zero-order valence-electron chi connectivity index (χ0n) is 21.6. The Morgan fingerprint density at radius 1 is 0.650 bits per heavy atom. The highest BCUT2D eigenvalue weighted by atomic mass is 19.4. The summed E-state index contributed by atoms with van der Waals surface area (Å²) in [4.78, 5) is 12.5. The number of ketones is 1. The van der Waals surface area contributed by atoms with Crippen molar-refractivity contribution in [2.45, 2.75) is 12.4 Å². The molecule has 0 aliphatic carbocycles. The van der Waals surface area contributed by atoms with Gasteiger partial charge in [-0.25, -0.2) is 0 Å². The summed E-state index contributed by atoms with van der Waals surface area (Å²) in [6.07, 6.45) is -2.25. The average molecular weight is 563 g/mol. The third-order valence-corrected chi connectivity index (χ3v) is 5.70. The van der Waals surface area contributed by atoms with Gasteiger partial charge in [-0.3, -0.25) is 4.79 Å². The van der Waals surface area contributed by atoms with E-state index < -0.39 is 34.8 Å². The van der Waals surface area contributed by atoms with E-state index in [1.54, 1.807) is 43.5 Å². The second-order valence-corrected chi connectivity index (χ2v) is 8.31. The molecule has 3 aromatic carbocycles. The summed E-state index contributed by atoms with van der Waals surface area (Å²) in [6.45, 7) is 0. The van der Waals surface area contributed by atoms with Gasteiger partial charge in [0.1, 0.15) is 17.2 Å². The maximum absolute atomic E-state index is 13.3. The topological polar surface area (TPSA) is 44.8 Å². The van der Waals surface area contributed by atoms with Crippen molar-refractivity contribution in [2.24, 2.45) is 0 Å². The first kappa shape index (κ1) is 30.1. The lowest BCUT2D eigenvalue weighted by atomic mass is 10.0. The zero-order valence-corrected chi connectivity index (χ0v) is 21.6. The number of hydrogen-bond donors (Lipinski definition) is 0. The van der Waals surface area contributed by atoms with E-state index in [1.165, 1.54) is 20.3 Å². The number of rotatable bonds is 9. The van der Waals surface area contributed by atoms with Gasteiger partial charge in [-0.05, 0) is 71.3 Å². The van der Waals surface area contributed by atoms with Crippen molar-refractivity contribution in [1.29, 1.82) is 0 Å². The van der Waals surface area contributed by atoms with E-state index in [-0.39, 0.29) is 0 Å². The molecule has 210 valence electrons. The summed E-state index contributed by atoms with van der Waals surface area (Å²) in [5.41, 5.74) is -1.44. The third kappa shape index (κ3) is 7.78. The zero-order chi connectivity index (χ0) is 29.5. The lowest BCUT2D eigenvalue weighted by molar-refractivity contribution is -0.141. The van der Waals surface area contributed by atoms with Gasteiger partial charge in [0.05, 0.1) is 32.5 Å². The van der Waals surface area contributed by atoms with Crippen LogP contribution >= 0.6 is 0 Å². The predicted molar refractivity (Wildman–Crippen MR) is 141 cm³/mol. The standard InChI is InChI=1S/C30H24F6O4/c1-38-24-12-5-19(6-13-24)4-7-20-17-25(39-2)18-28(40-3)26(20)14-11-23(37)10-8-21-16-22(29(31,32)33)9-15-27(21)30(34,35)36/h4-18H,1-3H3/b7-4+,10-8+,14-11+. The number of allylic oxidation sites excluding steroid dienone is 2. The number of ether oxygens (including phenoxy) is 3. The lowest BCUT2D eigenvalue weighted by Crippen LogP contribution is -2.11. The fraction of sp³-hybridized carbons (Fsp3) is 0.167. The van der Waals surface area contributed by atoms with Gasteiger partial charge in [0.2, 0.25) is 0 Å². The van der Waals surface area contributed by atoms with E-state index in [1.807, 2.05) is 12.1 Å². The highest BCUT2D eigenvalue weighted by molar-refractivity contribution is 6.05. The first-order valence-electron chi connectivity index (χ1n) is 11.6. The van der Waals surface area contributed by atoms with Crippen LogP contribution in [0.3, 0.4) is 0 Å². The van der Waals surface area contributed by atoms with Gasteiger partial charge in [-0.2, -0.15) is 26.3 Å². The quantitative estimate of drug-likeness (QED) is 0.150. The maximum atomic E-state index is 13.3. The summed E-state index contributed by atoms with van der Waals surface area (Å²) in [6, 6.07) is 11.6. The number of carbonyl (C=O) groups is 1. The molecule has 0 saturated carbocycles. The second kappa shape index (κ2) is 12.6. The van der Waals surface area contributed by atoms with E-state index >= 15 is 0 Å². The second-order valence-electron chi connectivity index (χ2n) is 8.31. The molecule has 0 fully saturated rings. The van der Waals surface area contributed by atoms with Crippen LogP contribution in [0, 0.1) is 0 Å². The van der Waals surface area contributed by atoms with Crippen LogP contribution in [-0.4, -0.2) is 27.1 Å². The normalized spacial score (nSPS) is 12.4. The van der Waals surface area contributed by atoms with Crippen LogP contribution in [0.15, 0.2) is 66.7 Å². The molecule has 0 spiro atoms. The van der Waals surface area contributed by atoms with Crippen LogP contribution in [0.1, 0.15) is 33.4 Å². The van der Waals surface area contributed by atoms with Gasteiger partial charge in [-0.1, -0.05) is 30.4 Å². The van der Waals surface area contributed by atoms with Crippen molar-refractivity contribution < 1.29 is 45.3 Å². The first-order chi connectivity index (χ1) is 18.8. The van der Waals surface area contributed by atoms with Crippen molar-refractivity contribution >= 4 is 30.1 Å². The smallest absolute Gasteiger partial charge is 0.416 e. The summed E-state index contributed by atoms with van der Waals surface area (Å²) in [7, 11) is 4.44. The molecule has 0 aliphatic rings. The van der Waals surface area contributed by atoms with Crippen LogP contribution in [0.25, 0.3) is 24.3 Å². The first-order valence-corrected chi connectivity index (χ1v) is 11.6. The molecule has 0 aromatic heterocycles. The molecule has 3 rings (SSSR count). The van der Waals surface area contributed by atoms with E-state index in [0.717, 1.165) is 17.7 Å². The van der Waals surface area contributed by atoms with E-state index in [0.29, 0.717) is 52.7 Å². The number of hydrogen-bond acceptors (Lipinski definition) is 4. The number of alkyl halides is 6. The molecule has 0 atom stereocenters. The molecule has 3 aromatic rings. The minimum absolute atomic E-state index is 0.340. The molecule has 4 nitrogen and oxygen atoms in total. The Bertz CT molecular complexity index is 1430. The lowest BCUT2D eigenvalue weighted by Gasteiger charge is -2.13. The SMILES string of the molecule is COc1ccc(/C=C/c2cc(OC)cc(OC)c2/C=C/C(=O)/C=C/c2cc(C(F)(F)F)ccc2C(F)(F)F)cc1. The fourth-order valence-corrected chi connectivity index (χ4v) is 3.65. The fourth-order valence-electron chi connectivity index (χ4n) is 3.65. The van der Waals surface area contributed by atoms with Crippen molar-refractivity contribution in [3.63, 3.8) is 0 Å². The van der Waals surface area contributed by atoms with Crippen LogP contribution in [-0.2, 0) is 17.1 Å². The monoisotopic (exact) mass is 562 g/mol. The third-order valence-electron chi connectivity index (χ3n) is 5.70. The molecule has 0 saturated heterocycles. The molecule has 0 bridgehead atoms. The Labute approximate surface area is 226 Å². The molecule has 0 unspecified atom stereocenters. The van der Waals surface area contributed by atoms with Gasteiger partial charge in [0.15, 0.2) is 5.78 Å². The molecule has 0 heterocycles. The summed E-state index contributed by atoms with van der Waals surface area (Å²) >= 11 is 0. The molecule has 0 amide bonds. The highest BCUT2D eigenvalue weighted by Gasteiger charge is 2.36. The molecular formula is C30H24F6O4.